The van der Waals surface area contributed by atoms with Crippen molar-refractivity contribution in [1.29, 1.82) is 0 Å². The van der Waals surface area contributed by atoms with E-state index in [0.717, 1.165) is 45.1 Å². The molecule has 0 bridgehead atoms. The molecule has 2 aromatic heterocycles. The molecule has 0 saturated carbocycles. The highest BCUT2D eigenvalue weighted by atomic mass is 32.2. The molecule has 1 aliphatic heterocycles. The number of pyridine rings is 1. The van der Waals surface area contributed by atoms with Crippen LogP contribution in [-0.2, 0) is 23.0 Å². The number of aromatic nitrogens is 3. The molecule has 3 heterocycles. The first-order valence-corrected chi connectivity index (χ1v) is 12.1. The third-order valence-corrected chi connectivity index (χ3v) is 7.54. The lowest BCUT2D eigenvalue weighted by molar-refractivity contribution is 0.385. The van der Waals surface area contributed by atoms with E-state index in [1.54, 1.807) is 0 Å². The van der Waals surface area contributed by atoms with E-state index >= 15 is 0 Å². The molecule has 1 aromatic carbocycles. The first-order valence-electron chi connectivity index (χ1n) is 10.5. The Balaban J connectivity index is 1.61. The Morgan fingerprint density at radius 3 is 2.68 bits per heavy atom. The molecule has 3 aromatic rings. The van der Waals surface area contributed by atoms with Gasteiger partial charge in [0.1, 0.15) is 12.1 Å². The van der Waals surface area contributed by atoms with Crippen LogP contribution in [0.1, 0.15) is 35.7 Å². The highest BCUT2D eigenvalue weighted by Crippen LogP contribution is 2.30. The zero-order valence-corrected chi connectivity index (χ0v) is 18.9. The lowest BCUT2D eigenvalue weighted by Crippen LogP contribution is -2.38. The number of nitrogens with zero attached hydrogens (tertiary/aromatic N) is 4. The summed E-state index contributed by atoms with van der Waals surface area (Å²) in [4.78, 5) is 13.4. The van der Waals surface area contributed by atoms with Crippen LogP contribution in [0.25, 0.3) is 11.3 Å². The van der Waals surface area contributed by atoms with Crippen LogP contribution in [-0.4, -0.2) is 40.0 Å². The molecule has 8 heteroatoms. The number of rotatable bonds is 6. The average molecular weight is 438 g/mol. The molecule has 7 nitrogen and oxygen atoms in total. The van der Waals surface area contributed by atoms with Gasteiger partial charge in [-0.25, -0.2) is 18.4 Å². The zero-order chi connectivity index (χ0) is 22.0. The van der Waals surface area contributed by atoms with Crippen molar-refractivity contribution in [1.82, 2.24) is 19.3 Å². The smallest absolute Gasteiger partial charge is 0.214 e. The molecule has 0 amide bonds. The van der Waals surface area contributed by atoms with Gasteiger partial charge in [-0.15, -0.1) is 0 Å². The highest BCUT2D eigenvalue weighted by Gasteiger charge is 2.28. The molecule has 0 saturated heterocycles. The Morgan fingerprint density at radius 2 is 1.94 bits per heavy atom. The molecule has 0 radical (unpaired) electrons. The molecule has 31 heavy (non-hydrogen) atoms. The van der Waals surface area contributed by atoms with Gasteiger partial charge in [-0.2, -0.15) is 4.31 Å². The molecule has 1 N–H and O–H groups in total. The van der Waals surface area contributed by atoms with Crippen molar-refractivity contribution in [3.05, 3.63) is 65.2 Å². The van der Waals surface area contributed by atoms with Crippen molar-refractivity contribution < 1.29 is 8.42 Å². The molecule has 0 aliphatic carbocycles. The number of sulfonamides is 1. The van der Waals surface area contributed by atoms with Crippen LogP contribution in [0, 0.1) is 13.8 Å². The predicted molar refractivity (Wildman–Crippen MR) is 123 cm³/mol. The number of benzene rings is 1. The summed E-state index contributed by atoms with van der Waals surface area (Å²) in [5.74, 6) is 0.891. The van der Waals surface area contributed by atoms with Gasteiger partial charge in [-0.3, -0.25) is 4.98 Å². The minimum absolute atomic E-state index is 0.164. The maximum Gasteiger partial charge on any atom is 0.214 e. The summed E-state index contributed by atoms with van der Waals surface area (Å²) in [6.45, 7) is 6.71. The maximum atomic E-state index is 12.5. The summed E-state index contributed by atoms with van der Waals surface area (Å²) in [7, 11) is -3.25. The lowest BCUT2D eigenvalue weighted by atomic mass is 10.0. The van der Waals surface area contributed by atoms with E-state index in [4.69, 9.17) is 0 Å². The minimum Gasteiger partial charge on any atom is -0.340 e. The Bertz CT molecular complexity index is 1190. The monoisotopic (exact) mass is 437 g/mol. The van der Waals surface area contributed by atoms with Crippen molar-refractivity contribution in [2.24, 2.45) is 0 Å². The summed E-state index contributed by atoms with van der Waals surface area (Å²) >= 11 is 0. The van der Waals surface area contributed by atoms with Gasteiger partial charge in [0.25, 0.3) is 0 Å². The molecule has 1 aliphatic rings. The fourth-order valence-electron chi connectivity index (χ4n) is 3.80. The van der Waals surface area contributed by atoms with Crippen LogP contribution in [0.15, 0.2) is 42.9 Å². The van der Waals surface area contributed by atoms with Gasteiger partial charge >= 0.3 is 0 Å². The van der Waals surface area contributed by atoms with E-state index in [0.29, 0.717) is 25.9 Å². The zero-order valence-electron chi connectivity index (χ0n) is 18.1. The van der Waals surface area contributed by atoms with Crippen molar-refractivity contribution in [3.8, 4) is 11.3 Å². The number of aryl methyl sites for hydroxylation is 2. The van der Waals surface area contributed by atoms with Gasteiger partial charge in [0.05, 0.1) is 23.7 Å². The maximum absolute atomic E-state index is 12.5. The van der Waals surface area contributed by atoms with Crippen molar-refractivity contribution >= 4 is 21.5 Å². The number of anilines is 2. The van der Waals surface area contributed by atoms with Crippen LogP contribution in [0.2, 0.25) is 0 Å². The second-order valence-electron chi connectivity index (χ2n) is 7.92. The molecular formula is C23H27N5O2S. The SMILES string of the molecule is CCCS(=O)(=O)N1CCc2c(ncnc2Nc2ccc(C)c(-c3ccc(C)cn3)c2)C1. The minimum atomic E-state index is -3.25. The van der Waals surface area contributed by atoms with E-state index in [2.05, 4.69) is 45.4 Å². The van der Waals surface area contributed by atoms with Crippen molar-refractivity contribution in [2.45, 2.75) is 40.2 Å². The summed E-state index contributed by atoms with van der Waals surface area (Å²) in [6.07, 6.45) is 4.55. The number of fused-ring (bicyclic) bond motifs is 1. The number of nitrogens with one attached hydrogen (secondary N) is 1. The molecule has 162 valence electrons. The van der Waals surface area contributed by atoms with Crippen LogP contribution < -0.4 is 5.32 Å². The molecular weight excluding hydrogens is 410 g/mol. The van der Waals surface area contributed by atoms with E-state index in [-0.39, 0.29) is 5.75 Å². The van der Waals surface area contributed by atoms with Gasteiger partial charge in [0.2, 0.25) is 10.0 Å². The topological polar surface area (TPSA) is 88.1 Å². The van der Waals surface area contributed by atoms with Crippen LogP contribution >= 0.6 is 0 Å². The van der Waals surface area contributed by atoms with Gasteiger partial charge in [-0.05, 0) is 56.0 Å². The summed E-state index contributed by atoms with van der Waals surface area (Å²) in [5.41, 5.74) is 6.89. The summed E-state index contributed by atoms with van der Waals surface area (Å²) in [5, 5.41) is 3.41. The summed E-state index contributed by atoms with van der Waals surface area (Å²) in [6, 6.07) is 10.2. The van der Waals surface area contributed by atoms with Gasteiger partial charge in [0, 0.05) is 29.6 Å². The van der Waals surface area contributed by atoms with Crippen LogP contribution in [0.3, 0.4) is 0 Å². The number of hydrogen-bond donors (Lipinski definition) is 1. The van der Waals surface area contributed by atoms with Gasteiger partial charge in [-0.1, -0.05) is 19.1 Å². The second-order valence-corrected chi connectivity index (χ2v) is 10.0. The van der Waals surface area contributed by atoms with E-state index in [1.165, 1.54) is 10.6 Å². The highest BCUT2D eigenvalue weighted by molar-refractivity contribution is 7.89. The fourth-order valence-corrected chi connectivity index (χ4v) is 5.26. The predicted octanol–water partition coefficient (Wildman–Crippen LogP) is 4.00. The molecule has 0 unspecified atom stereocenters. The largest absolute Gasteiger partial charge is 0.340 e. The van der Waals surface area contributed by atoms with Gasteiger partial charge < -0.3 is 5.32 Å². The second kappa shape index (κ2) is 8.72. The van der Waals surface area contributed by atoms with E-state index in [1.807, 2.05) is 32.2 Å². The molecule has 4 rings (SSSR count). The standard InChI is InChI=1S/C23H27N5O2S/c1-4-11-31(29,30)28-10-9-19-22(14-28)25-15-26-23(19)27-18-7-6-17(3)20(12-18)21-8-5-16(2)13-24-21/h5-8,12-13,15H,4,9-11,14H2,1-3H3,(H,25,26,27). The Kier molecular flexibility index (Phi) is 6.02. The van der Waals surface area contributed by atoms with Crippen molar-refractivity contribution in [3.63, 3.8) is 0 Å². The molecule has 0 fully saturated rings. The molecule has 0 spiro atoms. The Morgan fingerprint density at radius 1 is 1.10 bits per heavy atom. The third kappa shape index (κ3) is 4.60. The quantitative estimate of drug-likeness (QED) is 0.627. The first kappa shape index (κ1) is 21.4. The Hall–Kier alpha value is -2.84. The van der Waals surface area contributed by atoms with E-state index < -0.39 is 10.0 Å². The summed E-state index contributed by atoms with van der Waals surface area (Å²) < 4.78 is 26.4. The van der Waals surface area contributed by atoms with Crippen molar-refractivity contribution in [2.75, 3.05) is 17.6 Å². The third-order valence-electron chi connectivity index (χ3n) is 5.52. The normalized spacial score (nSPS) is 14.3. The first-order chi connectivity index (χ1) is 14.9. The van der Waals surface area contributed by atoms with Crippen LogP contribution in [0.5, 0.6) is 0 Å². The Labute approximate surface area is 183 Å². The average Bonchev–Trinajstić information content (AvgIpc) is 2.75. The van der Waals surface area contributed by atoms with Crippen LogP contribution in [0.4, 0.5) is 11.5 Å². The lowest BCUT2D eigenvalue weighted by Gasteiger charge is -2.28. The van der Waals surface area contributed by atoms with Gasteiger partial charge in [0.15, 0.2) is 0 Å². The number of hydrogen-bond acceptors (Lipinski definition) is 6. The molecule has 0 atom stereocenters. The fraction of sp³-hybridized carbons (Fsp3) is 0.348. The van der Waals surface area contributed by atoms with E-state index in [9.17, 15) is 8.42 Å².